The second-order valence-electron chi connectivity index (χ2n) is 6.83. The predicted octanol–water partition coefficient (Wildman–Crippen LogP) is 4.94. The van der Waals surface area contributed by atoms with E-state index in [2.05, 4.69) is 6.58 Å². The van der Waals surface area contributed by atoms with Crippen LogP contribution in [0.15, 0.2) is 12.7 Å². The molecule has 23 heavy (non-hydrogen) atoms. The van der Waals surface area contributed by atoms with E-state index in [0.29, 0.717) is 19.3 Å². The van der Waals surface area contributed by atoms with Gasteiger partial charge in [-0.25, -0.2) is 0 Å². The molecular weight excluding hydrogens is 288 g/mol. The molecule has 0 aromatic carbocycles. The van der Waals surface area contributed by atoms with Gasteiger partial charge in [-0.3, -0.25) is 0 Å². The van der Waals surface area contributed by atoms with Crippen LogP contribution in [0, 0.1) is 0 Å². The largest absolute Gasteiger partial charge is 0.393 e. The molecule has 0 aliphatic heterocycles. The van der Waals surface area contributed by atoms with Crippen molar-refractivity contribution in [3.05, 3.63) is 12.7 Å². The topological polar surface area (TPSA) is 57.5 Å². The van der Waals surface area contributed by atoms with Crippen molar-refractivity contribution < 1.29 is 15.0 Å². The summed E-state index contributed by atoms with van der Waals surface area (Å²) < 4.78 is 0. The van der Waals surface area contributed by atoms with E-state index in [1.807, 2.05) is 6.08 Å². The summed E-state index contributed by atoms with van der Waals surface area (Å²) in [7, 11) is 0. The first-order valence-electron chi connectivity index (χ1n) is 9.52. The molecule has 0 aromatic rings. The Morgan fingerprint density at radius 1 is 0.870 bits per heavy atom. The standard InChI is InChI=1S/C20H38O3/c1-3-4-5-6-7-8-9-10-11-12-13-14-19(22)17-20(23)16-15-18(2)21/h3,19-20,22-23H,1,4-17H2,2H3. The van der Waals surface area contributed by atoms with Crippen molar-refractivity contribution in [1.29, 1.82) is 0 Å². The van der Waals surface area contributed by atoms with Gasteiger partial charge in [-0.1, -0.05) is 57.4 Å². The first-order chi connectivity index (χ1) is 11.1. The van der Waals surface area contributed by atoms with E-state index in [1.54, 1.807) is 0 Å². The van der Waals surface area contributed by atoms with Crippen LogP contribution in [0.1, 0.15) is 96.8 Å². The fourth-order valence-electron chi connectivity index (χ4n) is 2.83. The third-order valence-corrected chi connectivity index (χ3v) is 4.32. The molecule has 3 heteroatoms. The Kier molecular flexibility index (Phi) is 15.7. The summed E-state index contributed by atoms with van der Waals surface area (Å²) in [5, 5.41) is 19.6. The van der Waals surface area contributed by atoms with Crippen LogP contribution < -0.4 is 0 Å². The molecule has 0 saturated heterocycles. The summed E-state index contributed by atoms with van der Waals surface area (Å²) in [6.45, 7) is 5.27. The molecule has 0 aromatic heterocycles. The van der Waals surface area contributed by atoms with Crippen molar-refractivity contribution in [1.82, 2.24) is 0 Å². The molecule has 0 spiro atoms. The van der Waals surface area contributed by atoms with Gasteiger partial charge in [0.05, 0.1) is 12.2 Å². The van der Waals surface area contributed by atoms with Crippen molar-refractivity contribution in [3.8, 4) is 0 Å². The molecule has 2 N–H and O–H groups in total. The van der Waals surface area contributed by atoms with Gasteiger partial charge in [-0.15, -0.1) is 6.58 Å². The van der Waals surface area contributed by atoms with Crippen LogP contribution in [0.25, 0.3) is 0 Å². The number of ketones is 1. The van der Waals surface area contributed by atoms with E-state index >= 15 is 0 Å². The number of aliphatic hydroxyl groups is 2. The van der Waals surface area contributed by atoms with Gasteiger partial charge in [0, 0.05) is 6.42 Å². The van der Waals surface area contributed by atoms with E-state index in [4.69, 9.17) is 0 Å². The van der Waals surface area contributed by atoms with E-state index in [-0.39, 0.29) is 5.78 Å². The molecule has 2 atom stereocenters. The van der Waals surface area contributed by atoms with Crippen molar-refractivity contribution in [3.63, 3.8) is 0 Å². The number of hydrogen-bond acceptors (Lipinski definition) is 3. The van der Waals surface area contributed by atoms with Gasteiger partial charge in [-0.05, 0) is 39.0 Å². The quantitative estimate of drug-likeness (QED) is 0.294. The number of carbonyl (C=O) groups excluding carboxylic acids is 1. The van der Waals surface area contributed by atoms with Gasteiger partial charge < -0.3 is 15.0 Å². The van der Waals surface area contributed by atoms with Crippen LogP contribution in [-0.2, 0) is 4.79 Å². The number of carbonyl (C=O) groups is 1. The van der Waals surface area contributed by atoms with Crippen LogP contribution >= 0.6 is 0 Å². The highest BCUT2D eigenvalue weighted by Gasteiger charge is 2.12. The Morgan fingerprint density at radius 3 is 1.87 bits per heavy atom. The molecule has 0 amide bonds. The third kappa shape index (κ3) is 17.5. The summed E-state index contributed by atoms with van der Waals surface area (Å²) in [6.07, 6.45) is 15.5. The highest BCUT2D eigenvalue weighted by Crippen LogP contribution is 2.14. The Morgan fingerprint density at radius 2 is 1.35 bits per heavy atom. The first-order valence-corrected chi connectivity index (χ1v) is 9.52. The lowest BCUT2D eigenvalue weighted by Crippen LogP contribution is -2.18. The number of hydrogen-bond donors (Lipinski definition) is 2. The average Bonchev–Trinajstić information content (AvgIpc) is 2.50. The number of Topliss-reactive ketones (excluding diaryl/α,β-unsaturated/α-hetero) is 1. The zero-order valence-electron chi connectivity index (χ0n) is 15.1. The van der Waals surface area contributed by atoms with Gasteiger partial charge in [0.1, 0.15) is 5.78 Å². The molecule has 0 fully saturated rings. The third-order valence-electron chi connectivity index (χ3n) is 4.32. The summed E-state index contributed by atoms with van der Waals surface area (Å²) in [5.74, 6) is 0.0965. The minimum atomic E-state index is -0.546. The van der Waals surface area contributed by atoms with Gasteiger partial charge in [-0.2, -0.15) is 0 Å². The van der Waals surface area contributed by atoms with Gasteiger partial charge in [0.15, 0.2) is 0 Å². The maximum atomic E-state index is 10.8. The monoisotopic (exact) mass is 326 g/mol. The maximum absolute atomic E-state index is 10.8. The molecular formula is C20H38O3. The van der Waals surface area contributed by atoms with Crippen LogP contribution in [0.3, 0.4) is 0 Å². The van der Waals surface area contributed by atoms with Gasteiger partial charge in [0.2, 0.25) is 0 Å². The molecule has 0 saturated carbocycles. The SMILES string of the molecule is C=CCCCCCCCCCCCC(O)CC(O)CCC(C)=O. The van der Waals surface area contributed by atoms with Gasteiger partial charge in [0.25, 0.3) is 0 Å². The van der Waals surface area contributed by atoms with Crippen molar-refractivity contribution in [2.24, 2.45) is 0 Å². The predicted molar refractivity (Wildman–Crippen MR) is 97.5 cm³/mol. The summed E-state index contributed by atoms with van der Waals surface area (Å²) in [4.78, 5) is 10.8. The number of allylic oxidation sites excluding steroid dienone is 1. The fourth-order valence-corrected chi connectivity index (χ4v) is 2.83. The van der Waals surface area contributed by atoms with Crippen molar-refractivity contribution in [2.75, 3.05) is 0 Å². The first kappa shape index (κ1) is 22.3. The van der Waals surface area contributed by atoms with Crippen LogP contribution in [0.2, 0.25) is 0 Å². The highest BCUT2D eigenvalue weighted by molar-refractivity contribution is 5.75. The molecule has 136 valence electrons. The summed E-state index contributed by atoms with van der Waals surface area (Å²) in [5.41, 5.74) is 0. The summed E-state index contributed by atoms with van der Waals surface area (Å²) >= 11 is 0. The molecule has 0 heterocycles. The van der Waals surface area contributed by atoms with Crippen LogP contribution in [0.4, 0.5) is 0 Å². The Hall–Kier alpha value is -0.670. The molecule has 3 nitrogen and oxygen atoms in total. The zero-order chi connectivity index (χ0) is 17.3. The molecule has 2 unspecified atom stereocenters. The van der Waals surface area contributed by atoms with E-state index in [1.165, 1.54) is 51.9 Å². The van der Waals surface area contributed by atoms with E-state index in [9.17, 15) is 15.0 Å². The number of rotatable bonds is 17. The number of unbranched alkanes of at least 4 members (excludes halogenated alkanes) is 9. The molecule has 0 radical (unpaired) electrons. The number of aliphatic hydroxyl groups excluding tert-OH is 2. The maximum Gasteiger partial charge on any atom is 0.129 e. The summed E-state index contributed by atoms with van der Waals surface area (Å²) in [6, 6.07) is 0. The Labute approximate surface area is 143 Å². The zero-order valence-corrected chi connectivity index (χ0v) is 15.1. The lowest BCUT2D eigenvalue weighted by atomic mass is 10.0. The fraction of sp³-hybridized carbons (Fsp3) is 0.850. The lowest BCUT2D eigenvalue weighted by Gasteiger charge is -2.15. The highest BCUT2D eigenvalue weighted by atomic mass is 16.3. The molecule has 0 aliphatic carbocycles. The Bertz CT molecular complexity index is 289. The molecule has 0 rings (SSSR count). The lowest BCUT2D eigenvalue weighted by molar-refractivity contribution is -0.117. The van der Waals surface area contributed by atoms with Crippen molar-refractivity contribution >= 4 is 5.78 Å². The second-order valence-corrected chi connectivity index (χ2v) is 6.83. The second kappa shape index (κ2) is 16.2. The van der Waals surface area contributed by atoms with Crippen LogP contribution in [-0.4, -0.2) is 28.2 Å². The molecule has 0 bridgehead atoms. The van der Waals surface area contributed by atoms with E-state index < -0.39 is 12.2 Å². The smallest absolute Gasteiger partial charge is 0.129 e. The minimum absolute atomic E-state index is 0.0965. The van der Waals surface area contributed by atoms with Gasteiger partial charge >= 0.3 is 0 Å². The molecule has 0 aliphatic rings. The van der Waals surface area contributed by atoms with Crippen molar-refractivity contribution in [2.45, 2.75) is 109 Å². The van der Waals surface area contributed by atoms with Crippen LogP contribution in [0.5, 0.6) is 0 Å². The average molecular weight is 327 g/mol. The minimum Gasteiger partial charge on any atom is -0.393 e. The van der Waals surface area contributed by atoms with E-state index in [0.717, 1.165) is 25.7 Å². The Balaban J connectivity index is 3.30. The normalized spacial score (nSPS) is 13.7.